The average Bonchev–Trinajstić information content (AvgIpc) is 2.34. The van der Waals surface area contributed by atoms with E-state index in [9.17, 15) is 4.79 Å². The van der Waals surface area contributed by atoms with Gasteiger partial charge in [0.25, 0.3) is 0 Å². The van der Waals surface area contributed by atoms with Crippen LogP contribution in [0.4, 0.5) is 10.5 Å². The molecule has 2 rings (SSSR count). The number of halogens is 2. The molecule has 0 bridgehead atoms. The molecule has 2 aromatic carbocycles. The quantitative estimate of drug-likeness (QED) is 0.867. The van der Waals surface area contributed by atoms with E-state index >= 15 is 0 Å². The lowest BCUT2D eigenvalue weighted by atomic mass is 10.3. The van der Waals surface area contributed by atoms with E-state index in [4.69, 9.17) is 16.3 Å². The van der Waals surface area contributed by atoms with Gasteiger partial charge in [0.1, 0.15) is 5.75 Å². The van der Waals surface area contributed by atoms with Crippen molar-refractivity contribution < 1.29 is 9.53 Å². The molecule has 0 fully saturated rings. The lowest BCUT2D eigenvalue weighted by Gasteiger charge is -2.08. The number of ether oxygens (including phenoxy) is 1. The summed E-state index contributed by atoms with van der Waals surface area (Å²) in [6, 6.07) is 14.0. The van der Waals surface area contributed by atoms with Crippen molar-refractivity contribution in [2.75, 3.05) is 5.32 Å². The third kappa shape index (κ3) is 3.48. The molecule has 5 heteroatoms. The van der Waals surface area contributed by atoms with Gasteiger partial charge in [0.15, 0.2) is 0 Å². The molecule has 18 heavy (non-hydrogen) atoms. The molecule has 1 amide bonds. The minimum Gasteiger partial charge on any atom is -0.409 e. The van der Waals surface area contributed by atoms with Crippen molar-refractivity contribution in [1.29, 1.82) is 0 Å². The molecule has 0 aliphatic rings. The van der Waals surface area contributed by atoms with Crippen LogP contribution in [0.15, 0.2) is 53.0 Å². The lowest BCUT2D eigenvalue weighted by Crippen LogP contribution is -2.16. The van der Waals surface area contributed by atoms with E-state index in [1.807, 2.05) is 18.2 Å². The van der Waals surface area contributed by atoms with Crippen LogP contribution in [-0.2, 0) is 0 Å². The minimum absolute atomic E-state index is 0.410. The fourth-order valence-electron chi connectivity index (χ4n) is 1.32. The molecule has 3 nitrogen and oxygen atoms in total. The van der Waals surface area contributed by atoms with Crippen LogP contribution in [0.3, 0.4) is 0 Å². The minimum atomic E-state index is -0.552. The largest absolute Gasteiger partial charge is 0.417 e. The van der Waals surface area contributed by atoms with Crippen molar-refractivity contribution in [2.24, 2.45) is 0 Å². The van der Waals surface area contributed by atoms with E-state index < -0.39 is 6.09 Å². The Hall–Kier alpha value is -1.52. The Morgan fingerprint density at radius 2 is 1.89 bits per heavy atom. The first-order valence-electron chi connectivity index (χ1n) is 5.14. The fraction of sp³-hybridized carbons (Fsp3) is 0. The lowest BCUT2D eigenvalue weighted by molar-refractivity contribution is 0.215. The highest BCUT2D eigenvalue weighted by molar-refractivity contribution is 9.10. The summed E-state index contributed by atoms with van der Waals surface area (Å²) in [5.74, 6) is 0.410. The van der Waals surface area contributed by atoms with E-state index in [1.54, 1.807) is 30.3 Å². The van der Waals surface area contributed by atoms with Gasteiger partial charge >= 0.3 is 6.09 Å². The predicted molar refractivity (Wildman–Crippen MR) is 75.2 cm³/mol. The van der Waals surface area contributed by atoms with E-state index in [2.05, 4.69) is 21.2 Å². The average molecular weight is 327 g/mol. The molecule has 0 saturated carbocycles. The first kappa shape index (κ1) is 12.9. The maximum atomic E-state index is 11.6. The molecule has 0 radical (unpaired) electrons. The molecule has 0 aliphatic heterocycles. The third-order valence-corrected chi connectivity index (χ3v) is 2.97. The van der Waals surface area contributed by atoms with Gasteiger partial charge < -0.3 is 4.74 Å². The van der Waals surface area contributed by atoms with Crippen LogP contribution in [0.1, 0.15) is 0 Å². The molecular formula is C13H9BrClNO2. The highest BCUT2D eigenvalue weighted by Crippen LogP contribution is 2.28. The topological polar surface area (TPSA) is 38.3 Å². The van der Waals surface area contributed by atoms with Crippen LogP contribution in [0, 0.1) is 0 Å². The van der Waals surface area contributed by atoms with Gasteiger partial charge in [-0.1, -0.05) is 29.8 Å². The molecule has 92 valence electrons. The molecular weight excluding hydrogens is 318 g/mol. The van der Waals surface area contributed by atoms with Gasteiger partial charge in [0, 0.05) is 10.7 Å². The van der Waals surface area contributed by atoms with E-state index in [1.165, 1.54) is 0 Å². The van der Waals surface area contributed by atoms with Gasteiger partial charge in [-0.05, 0) is 46.3 Å². The van der Waals surface area contributed by atoms with Crippen LogP contribution >= 0.6 is 27.5 Å². The number of para-hydroxylation sites is 1. The third-order valence-electron chi connectivity index (χ3n) is 2.12. The van der Waals surface area contributed by atoms with Gasteiger partial charge in [0.05, 0.1) is 4.47 Å². The molecule has 0 heterocycles. The standard InChI is InChI=1S/C13H9BrClNO2/c14-11-8-9(15)6-7-12(11)18-13(17)16-10-4-2-1-3-5-10/h1-8H,(H,16,17). The van der Waals surface area contributed by atoms with Gasteiger partial charge in [-0.25, -0.2) is 4.79 Å². The van der Waals surface area contributed by atoms with Crippen molar-refractivity contribution in [3.8, 4) is 5.75 Å². The number of benzene rings is 2. The molecule has 0 aliphatic carbocycles. The van der Waals surface area contributed by atoms with Crippen LogP contribution in [0.25, 0.3) is 0 Å². The summed E-state index contributed by atoms with van der Waals surface area (Å²) < 4.78 is 5.77. The summed E-state index contributed by atoms with van der Waals surface area (Å²) in [6.45, 7) is 0. The second-order valence-corrected chi connectivity index (χ2v) is 4.75. The fourth-order valence-corrected chi connectivity index (χ4v) is 2.09. The summed E-state index contributed by atoms with van der Waals surface area (Å²) in [5.41, 5.74) is 0.674. The summed E-state index contributed by atoms with van der Waals surface area (Å²) >= 11 is 9.07. The Balaban J connectivity index is 2.03. The van der Waals surface area contributed by atoms with Crippen molar-refractivity contribution in [2.45, 2.75) is 0 Å². The summed E-state index contributed by atoms with van der Waals surface area (Å²) in [4.78, 5) is 11.6. The van der Waals surface area contributed by atoms with Crippen LogP contribution < -0.4 is 10.1 Å². The molecule has 0 unspecified atom stereocenters. The van der Waals surface area contributed by atoms with E-state index in [-0.39, 0.29) is 0 Å². The van der Waals surface area contributed by atoms with Crippen molar-refractivity contribution >= 4 is 39.3 Å². The SMILES string of the molecule is O=C(Nc1ccccc1)Oc1ccc(Cl)cc1Br. The Labute approximate surface area is 118 Å². The first-order chi connectivity index (χ1) is 8.65. The number of anilines is 1. The summed E-state index contributed by atoms with van der Waals surface area (Å²) in [7, 11) is 0. The summed E-state index contributed by atoms with van der Waals surface area (Å²) in [5, 5.41) is 3.18. The van der Waals surface area contributed by atoms with Crippen LogP contribution in [-0.4, -0.2) is 6.09 Å². The molecule has 2 aromatic rings. The second-order valence-electron chi connectivity index (χ2n) is 3.46. The molecule has 1 N–H and O–H groups in total. The number of hydrogen-bond acceptors (Lipinski definition) is 2. The Morgan fingerprint density at radius 1 is 1.17 bits per heavy atom. The van der Waals surface area contributed by atoms with Crippen molar-refractivity contribution in [3.05, 3.63) is 58.0 Å². The normalized spacial score (nSPS) is 9.89. The van der Waals surface area contributed by atoms with Crippen LogP contribution in [0.2, 0.25) is 5.02 Å². The highest BCUT2D eigenvalue weighted by Gasteiger charge is 2.08. The van der Waals surface area contributed by atoms with Crippen LogP contribution in [0.5, 0.6) is 5.75 Å². The first-order valence-corrected chi connectivity index (χ1v) is 6.31. The number of hydrogen-bond donors (Lipinski definition) is 1. The zero-order valence-corrected chi connectivity index (χ0v) is 11.5. The number of rotatable bonds is 2. The predicted octanol–water partition coefficient (Wildman–Crippen LogP) is 4.71. The van der Waals surface area contributed by atoms with Gasteiger partial charge in [-0.3, -0.25) is 5.32 Å². The number of amides is 1. The Bertz CT molecular complexity index is 560. The molecule has 0 aromatic heterocycles. The highest BCUT2D eigenvalue weighted by atomic mass is 79.9. The smallest absolute Gasteiger partial charge is 0.409 e. The van der Waals surface area contributed by atoms with Gasteiger partial charge in [-0.2, -0.15) is 0 Å². The van der Waals surface area contributed by atoms with Gasteiger partial charge in [-0.15, -0.1) is 0 Å². The maximum Gasteiger partial charge on any atom is 0.417 e. The maximum absolute atomic E-state index is 11.6. The van der Waals surface area contributed by atoms with Crippen molar-refractivity contribution in [3.63, 3.8) is 0 Å². The van der Waals surface area contributed by atoms with E-state index in [0.29, 0.717) is 20.9 Å². The molecule has 0 saturated heterocycles. The van der Waals surface area contributed by atoms with E-state index in [0.717, 1.165) is 0 Å². The van der Waals surface area contributed by atoms with Crippen molar-refractivity contribution in [1.82, 2.24) is 0 Å². The Morgan fingerprint density at radius 3 is 2.56 bits per heavy atom. The summed E-state index contributed by atoms with van der Waals surface area (Å²) in [6.07, 6.45) is -0.552. The monoisotopic (exact) mass is 325 g/mol. The molecule has 0 atom stereocenters. The van der Waals surface area contributed by atoms with Gasteiger partial charge in [0.2, 0.25) is 0 Å². The number of carbonyl (C=O) groups excluding carboxylic acids is 1. The number of carbonyl (C=O) groups is 1. The number of nitrogens with one attached hydrogen (secondary N) is 1. The Kier molecular flexibility index (Phi) is 4.23. The second kappa shape index (κ2) is 5.89. The zero-order valence-electron chi connectivity index (χ0n) is 9.19. The molecule has 0 spiro atoms. The zero-order chi connectivity index (χ0) is 13.0.